The van der Waals surface area contributed by atoms with Crippen LogP contribution in [-0.2, 0) is 4.79 Å². The molecule has 1 aromatic rings. The van der Waals surface area contributed by atoms with E-state index in [1.165, 1.54) is 4.90 Å². The van der Waals surface area contributed by atoms with Gasteiger partial charge >= 0.3 is 0 Å². The molecular weight excluding hydrogens is 287 g/mol. The normalized spacial score (nSPS) is 11.8. The first-order chi connectivity index (χ1) is 8.86. The van der Waals surface area contributed by atoms with E-state index in [4.69, 9.17) is 23.2 Å². The summed E-state index contributed by atoms with van der Waals surface area (Å²) in [4.78, 5) is 25.0. The van der Waals surface area contributed by atoms with Crippen LogP contribution >= 0.6 is 23.2 Å². The Kier molecular flexibility index (Phi) is 5.63. The van der Waals surface area contributed by atoms with Crippen LogP contribution in [0.1, 0.15) is 17.3 Å². The minimum atomic E-state index is -0.301. The van der Waals surface area contributed by atoms with Crippen LogP contribution in [0.4, 0.5) is 5.69 Å². The van der Waals surface area contributed by atoms with Gasteiger partial charge in [0.05, 0.1) is 10.6 Å². The summed E-state index contributed by atoms with van der Waals surface area (Å²) in [6, 6.07) is 4.79. The van der Waals surface area contributed by atoms with Crippen molar-refractivity contribution in [1.82, 2.24) is 4.90 Å². The van der Waals surface area contributed by atoms with Gasteiger partial charge < -0.3 is 10.2 Å². The van der Waals surface area contributed by atoms with Crippen LogP contribution in [0.2, 0.25) is 5.02 Å². The monoisotopic (exact) mass is 302 g/mol. The molecule has 0 saturated carbocycles. The number of anilines is 1. The van der Waals surface area contributed by atoms with Gasteiger partial charge in [0.15, 0.2) is 0 Å². The molecule has 0 aliphatic carbocycles. The Morgan fingerprint density at radius 3 is 2.53 bits per heavy atom. The lowest BCUT2D eigenvalue weighted by atomic mass is 10.1. The SMILES string of the molecule is CC(CCl)C(=O)Nc1ccc(Cl)c(C(=O)N(C)C)c1. The number of nitrogens with zero attached hydrogens (tertiary/aromatic N) is 1. The van der Waals surface area contributed by atoms with Crippen molar-refractivity contribution >= 4 is 40.7 Å². The number of halogens is 2. The molecule has 1 unspecified atom stereocenters. The predicted molar refractivity (Wildman–Crippen MR) is 78.0 cm³/mol. The molecule has 0 aromatic heterocycles. The van der Waals surface area contributed by atoms with Crippen molar-refractivity contribution in [2.75, 3.05) is 25.3 Å². The van der Waals surface area contributed by atoms with Crippen molar-refractivity contribution < 1.29 is 9.59 Å². The van der Waals surface area contributed by atoms with Crippen molar-refractivity contribution in [3.05, 3.63) is 28.8 Å². The zero-order valence-electron chi connectivity index (χ0n) is 11.0. The third-order valence-electron chi connectivity index (χ3n) is 2.55. The Balaban J connectivity index is 2.97. The lowest BCUT2D eigenvalue weighted by Gasteiger charge is -2.14. The van der Waals surface area contributed by atoms with Crippen LogP contribution < -0.4 is 5.32 Å². The standard InChI is InChI=1S/C13H16Cl2N2O2/c1-8(7-14)12(18)16-9-4-5-11(15)10(6-9)13(19)17(2)3/h4-6,8H,7H2,1-3H3,(H,16,18). The zero-order valence-corrected chi connectivity index (χ0v) is 12.5. The Morgan fingerprint density at radius 1 is 1.37 bits per heavy atom. The molecule has 1 aromatic carbocycles. The lowest BCUT2D eigenvalue weighted by molar-refractivity contribution is -0.118. The number of amides is 2. The molecule has 19 heavy (non-hydrogen) atoms. The second-order valence-corrected chi connectivity index (χ2v) is 5.15. The van der Waals surface area contributed by atoms with Crippen molar-refractivity contribution in [3.8, 4) is 0 Å². The predicted octanol–water partition coefficient (Wildman–Crippen LogP) is 2.86. The van der Waals surface area contributed by atoms with Crippen molar-refractivity contribution in [2.24, 2.45) is 5.92 Å². The number of hydrogen-bond donors (Lipinski definition) is 1. The summed E-state index contributed by atoms with van der Waals surface area (Å²) >= 11 is 11.6. The first-order valence-electron chi connectivity index (χ1n) is 5.74. The fourth-order valence-corrected chi connectivity index (χ4v) is 1.68. The maximum Gasteiger partial charge on any atom is 0.254 e. The fourth-order valence-electron chi connectivity index (χ4n) is 1.34. The fraction of sp³-hybridized carbons (Fsp3) is 0.385. The summed E-state index contributed by atoms with van der Waals surface area (Å²) in [6.45, 7) is 1.73. The summed E-state index contributed by atoms with van der Waals surface area (Å²) in [7, 11) is 3.28. The van der Waals surface area contributed by atoms with E-state index in [9.17, 15) is 9.59 Å². The van der Waals surface area contributed by atoms with Crippen LogP contribution in [0.25, 0.3) is 0 Å². The molecule has 1 atom stereocenters. The molecule has 6 heteroatoms. The van der Waals surface area contributed by atoms with E-state index in [1.54, 1.807) is 39.2 Å². The summed E-state index contributed by atoms with van der Waals surface area (Å²) < 4.78 is 0. The molecule has 2 amide bonds. The number of carbonyl (C=O) groups excluding carboxylic acids is 2. The van der Waals surface area contributed by atoms with Crippen LogP contribution in [0.3, 0.4) is 0 Å². The van der Waals surface area contributed by atoms with Gasteiger partial charge in [0.1, 0.15) is 0 Å². The van der Waals surface area contributed by atoms with E-state index in [0.717, 1.165) is 0 Å². The van der Waals surface area contributed by atoms with E-state index in [0.29, 0.717) is 16.3 Å². The molecule has 0 saturated heterocycles. The number of hydrogen-bond acceptors (Lipinski definition) is 2. The summed E-state index contributed by atoms with van der Waals surface area (Å²) in [5, 5.41) is 3.05. The number of rotatable bonds is 4. The number of nitrogens with one attached hydrogen (secondary N) is 1. The van der Waals surface area contributed by atoms with Gasteiger partial charge in [-0.2, -0.15) is 0 Å². The Hall–Kier alpha value is -1.26. The summed E-state index contributed by atoms with van der Waals surface area (Å²) in [6.07, 6.45) is 0. The highest BCUT2D eigenvalue weighted by Crippen LogP contribution is 2.22. The van der Waals surface area contributed by atoms with Gasteiger partial charge in [-0.05, 0) is 18.2 Å². The first kappa shape index (κ1) is 15.8. The average Bonchev–Trinajstić information content (AvgIpc) is 2.38. The van der Waals surface area contributed by atoms with Crippen LogP contribution in [-0.4, -0.2) is 36.7 Å². The second kappa shape index (κ2) is 6.78. The zero-order chi connectivity index (χ0) is 14.6. The van der Waals surface area contributed by atoms with Gasteiger partial charge in [0, 0.05) is 31.6 Å². The Bertz CT molecular complexity index is 490. The first-order valence-corrected chi connectivity index (χ1v) is 6.66. The molecule has 0 spiro atoms. The van der Waals surface area contributed by atoms with Crippen molar-refractivity contribution in [2.45, 2.75) is 6.92 Å². The molecular formula is C13H16Cl2N2O2. The Labute approximate surface area is 122 Å². The third-order valence-corrected chi connectivity index (χ3v) is 3.34. The van der Waals surface area contributed by atoms with E-state index < -0.39 is 0 Å². The van der Waals surface area contributed by atoms with Gasteiger partial charge in [-0.25, -0.2) is 0 Å². The highest BCUT2D eigenvalue weighted by molar-refractivity contribution is 6.34. The average molecular weight is 303 g/mol. The van der Waals surface area contributed by atoms with E-state index in [-0.39, 0.29) is 23.6 Å². The molecule has 104 valence electrons. The molecule has 0 heterocycles. The smallest absolute Gasteiger partial charge is 0.254 e. The second-order valence-electron chi connectivity index (χ2n) is 4.44. The lowest BCUT2D eigenvalue weighted by Crippen LogP contribution is -2.23. The minimum absolute atomic E-state index is 0.194. The van der Waals surface area contributed by atoms with Gasteiger partial charge in [0.2, 0.25) is 5.91 Å². The molecule has 0 aliphatic heterocycles. The summed E-state index contributed by atoms with van der Waals surface area (Å²) in [5.41, 5.74) is 0.875. The van der Waals surface area contributed by atoms with Crippen molar-refractivity contribution in [1.29, 1.82) is 0 Å². The quantitative estimate of drug-likeness (QED) is 0.870. The van der Waals surface area contributed by atoms with Crippen LogP contribution in [0.15, 0.2) is 18.2 Å². The van der Waals surface area contributed by atoms with E-state index >= 15 is 0 Å². The van der Waals surface area contributed by atoms with Gasteiger partial charge in [-0.1, -0.05) is 18.5 Å². The van der Waals surface area contributed by atoms with Gasteiger partial charge in [0.25, 0.3) is 5.91 Å². The molecule has 1 rings (SSSR count). The van der Waals surface area contributed by atoms with Crippen LogP contribution in [0.5, 0.6) is 0 Å². The maximum absolute atomic E-state index is 11.9. The number of carbonyl (C=O) groups is 2. The molecule has 4 nitrogen and oxygen atoms in total. The van der Waals surface area contributed by atoms with Crippen LogP contribution in [0, 0.1) is 5.92 Å². The molecule has 0 bridgehead atoms. The highest BCUT2D eigenvalue weighted by atomic mass is 35.5. The number of benzene rings is 1. The molecule has 0 fully saturated rings. The Morgan fingerprint density at radius 2 is 2.00 bits per heavy atom. The van der Waals surface area contributed by atoms with Crippen molar-refractivity contribution in [3.63, 3.8) is 0 Å². The molecule has 1 N–H and O–H groups in total. The van der Waals surface area contributed by atoms with Gasteiger partial charge in [-0.15, -0.1) is 11.6 Å². The number of alkyl halides is 1. The topological polar surface area (TPSA) is 49.4 Å². The van der Waals surface area contributed by atoms with E-state index in [1.807, 2.05) is 0 Å². The minimum Gasteiger partial charge on any atom is -0.345 e. The summed E-state index contributed by atoms with van der Waals surface area (Å²) in [5.74, 6) is -0.472. The molecule has 0 aliphatic rings. The van der Waals surface area contributed by atoms with E-state index in [2.05, 4.69) is 5.32 Å². The third kappa shape index (κ3) is 4.11. The van der Waals surface area contributed by atoms with Gasteiger partial charge in [-0.3, -0.25) is 9.59 Å². The largest absolute Gasteiger partial charge is 0.345 e. The highest BCUT2D eigenvalue weighted by Gasteiger charge is 2.15. The maximum atomic E-state index is 11.9. The molecule has 0 radical (unpaired) electrons.